The largest absolute Gasteiger partial charge is 0.481 e. The van der Waals surface area contributed by atoms with Gasteiger partial charge in [0.05, 0.1) is 16.0 Å². The van der Waals surface area contributed by atoms with E-state index in [0.29, 0.717) is 18.5 Å². The van der Waals surface area contributed by atoms with Crippen molar-refractivity contribution in [1.82, 2.24) is 0 Å². The van der Waals surface area contributed by atoms with Crippen molar-refractivity contribution in [2.45, 2.75) is 24.2 Å². The van der Waals surface area contributed by atoms with Crippen LogP contribution in [0.4, 0.5) is 5.69 Å². The fraction of sp³-hybridized carbons (Fsp3) is 0.462. The predicted molar refractivity (Wildman–Crippen MR) is 72.0 cm³/mol. The number of carbonyl (C=O) groups is 1. The van der Waals surface area contributed by atoms with E-state index in [1.807, 2.05) is 0 Å². The quantitative estimate of drug-likeness (QED) is 0.860. The third kappa shape index (κ3) is 2.73. The topological polar surface area (TPSA) is 83.5 Å². The van der Waals surface area contributed by atoms with E-state index in [9.17, 15) is 18.3 Å². The van der Waals surface area contributed by atoms with Crippen molar-refractivity contribution in [1.29, 1.82) is 0 Å². The SMILES string of the molecule is CS(=O)(=O)c1ccccc1NCC1(C(=O)O)CCC1. The highest BCUT2D eigenvalue weighted by molar-refractivity contribution is 7.90. The zero-order valence-electron chi connectivity index (χ0n) is 10.7. The second kappa shape index (κ2) is 4.85. The first-order valence-corrected chi connectivity index (χ1v) is 8.01. The van der Waals surface area contributed by atoms with Gasteiger partial charge in [0.1, 0.15) is 0 Å². The number of aliphatic carboxylic acids is 1. The highest BCUT2D eigenvalue weighted by Gasteiger charge is 2.44. The molecule has 1 aliphatic carbocycles. The van der Waals surface area contributed by atoms with Gasteiger partial charge in [0, 0.05) is 12.8 Å². The molecule has 1 aromatic rings. The lowest BCUT2D eigenvalue weighted by molar-refractivity contribution is -0.153. The van der Waals surface area contributed by atoms with Gasteiger partial charge in [-0.1, -0.05) is 18.6 Å². The highest BCUT2D eigenvalue weighted by atomic mass is 32.2. The van der Waals surface area contributed by atoms with Gasteiger partial charge in [-0.05, 0) is 25.0 Å². The van der Waals surface area contributed by atoms with Crippen LogP contribution in [0.15, 0.2) is 29.2 Å². The standard InChI is InChI=1S/C13H17NO4S/c1-19(17,18)11-6-3-2-5-10(11)14-9-13(12(15)16)7-4-8-13/h2-3,5-6,14H,4,7-9H2,1H3,(H,15,16). The number of benzene rings is 1. The van der Waals surface area contributed by atoms with Crippen LogP contribution in [0.25, 0.3) is 0 Å². The Morgan fingerprint density at radius 1 is 1.37 bits per heavy atom. The van der Waals surface area contributed by atoms with Crippen molar-refractivity contribution in [3.63, 3.8) is 0 Å². The molecule has 19 heavy (non-hydrogen) atoms. The fourth-order valence-electron chi connectivity index (χ4n) is 2.27. The zero-order chi connectivity index (χ0) is 14.1. The van der Waals surface area contributed by atoms with Crippen molar-refractivity contribution in [3.8, 4) is 0 Å². The number of anilines is 1. The molecule has 1 aromatic carbocycles. The van der Waals surface area contributed by atoms with Crippen LogP contribution in [0.2, 0.25) is 0 Å². The Hall–Kier alpha value is -1.56. The Labute approximate surface area is 112 Å². The van der Waals surface area contributed by atoms with Gasteiger partial charge in [-0.2, -0.15) is 0 Å². The van der Waals surface area contributed by atoms with Crippen LogP contribution in [-0.2, 0) is 14.6 Å². The van der Waals surface area contributed by atoms with Crippen LogP contribution in [-0.4, -0.2) is 32.3 Å². The number of rotatable bonds is 5. The van der Waals surface area contributed by atoms with Gasteiger partial charge >= 0.3 is 5.97 Å². The van der Waals surface area contributed by atoms with Crippen molar-refractivity contribution >= 4 is 21.5 Å². The summed E-state index contributed by atoms with van der Waals surface area (Å²) >= 11 is 0. The van der Waals surface area contributed by atoms with Crippen molar-refractivity contribution in [2.75, 3.05) is 18.1 Å². The van der Waals surface area contributed by atoms with E-state index in [4.69, 9.17) is 0 Å². The van der Waals surface area contributed by atoms with Gasteiger partial charge in [0.15, 0.2) is 9.84 Å². The number of carboxylic acids is 1. The minimum absolute atomic E-state index is 0.204. The monoisotopic (exact) mass is 283 g/mol. The fourth-order valence-corrected chi connectivity index (χ4v) is 3.14. The van der Waals surface area contributed by atoms with E-state index in [1.165, 1.54) is 6.07 Å². The summed E-state index contributed by atoms with van der Waals surface area (Å²) in [6, 6.07) is 6.56. The van der Waals surface area contributed by atoms with Crippen LogP contribution in [0.3, 0.4) is 0 Å². The maximum absolute atomic E-state index is 11.6. The molecular formula is C13H17NO4S. The molecule has 0 amide bonds. The summed E-state index contributed by atoms with van der Waals surface area (Å²) in [6.07, 6.45) is 3.32. The molecule has 0 atom stereocenters. The van der Waals surface area contributed by atoms with E-state index in [-0.39, 0.29) is 11.4 Å². The lowest BCUT2D eigenvalue weighted by atomic mass is 9.69. The molecule has 2 N–H and O–H groups in total. The molecule has 2 rings (SSSR count). The summed E-state index contributed by atoms with van der Waals surface area (Å²) in [7, 11) is -3.32. The third-order valence-electron chi connectivity index (χ3n) is 3.67. The van der Waals surface area contributed by atoms with Crippen LogP contribution < -0.4 is 5.32 Å². The third-order valence-corrected chi connectivity index (χ3v) is 4.82. The molecule has 0 heterocycles. The van der Waals surface area contributed by atoms with Gasteiger partial charge < -0.3 is 10.4 Å². The number of para-hydroxylation sites is 1. The number of hydrogen-bond donors (Lipinski definition) is 2. The molecule has 1 saturated carbocycles. The molecule has 0 bridgehead atoms. The van der Waals surface area contributed by atoms with E-state index < -0.39 is 21.2 Å². The van der Waals surface area contributed by atoms with Gasteiger partial charge in [0.25, 0.3) is 0 Å². The summed E-state index contributed by atoms with van der Waals surface area (Å²) in [5.74, 6) is -0.817. The minimum atomic E-state index is -3.32. The minimum Gasteiger partial charge on any atom is -0.481 e. The number of nitrogens with one attached hydrogen (secondary N) is 1. The molecule has 1 fully saturated rings. The highest BCUT2D eigenvalue weighted by Crippen LogP contribution is 2.41. The lowest BCUT2D eigenvalue weighted by Gasteiger charge is -2.38. The molecule has 6 heteroatoms. The summed E-state index contributed by atoms with van der Waals surface area (Å²) < 4.78 is 23.3. The van der Waals surface area contributed by atoms with E-state index in [1.54, 1.807) is 18.2 Å². The Morgan fingerprint density at radius 3 is 2.47 bits per heavy atom. The van der Waals surface area contributed by atoms with Crippen molar-refractivity contribution in [2.24, 2.45) is 5.41 Å². The second-order valence-corrected chi connectivity index (χ2v) is 7.05. The Morgan fingerprint density at radius 2 is 2.00 bits per heavy atom. The van der Waals surface area contributed by atoms with Crippen LogP contribution in [0, 0.1) is 5.41 Å². The summed E-state index contributed by atoms with van der Waals surface area (Å²) in [5, 5.41) is 12.2. The summed E-state index contributed by atoms with van der Waals surface area (Å²) in [5.41, 5.74) is -0.275. The molecule has 0 aromatic heterocycles. The molecule has 0 saturated heterocycles. The normalized spacial score (nSPS) is 17.5. The molecule has 0 spiro atoms. The van der Waals surface area contributed by atoms with Gasteiger partial charge in [-0.15, -0.1) is 0 Å². The van der Waals surface area contributed by atoms with E-state index >= 15 is 0 Å². The number of sulfone groups is 1. The van der Waals surface area contributed by atoms with Crippen LogP contribution in [0.5, 0.6) is 0 Å². The molecule has 0 aliphatic heterocycles. The smallest absolute Gasteiger partial charge is 0.311 e. The maximum atomic E-state index is 11.6. The molecule has 1 aliphatic rings. The number of hydrogen-bond acceptors (Lipinski definition) is 4. The first-order chi connectivity index (χ1) is 8.85. The average Bonchev–Trinajstić information content (AvgIpc) is 2.26. The first-order valence-electron chi connectivity index (χ1n) is 6.12. The Bertz CT molecular complexity index is 590. The summed E-state index contributed by atoms with van der Waals surface area (Å²) in [6.45, 7) is 0.259. The molecule has 0 radical (unpaired) electrons. The van der Waals surface area contributed by atoms with Crippen molar-refractivity contribution in [3.05, 3.63) is 24.3 Å². The van der Waals surface area contributed by atoms with E-state index in [0.717, 1.165) is 12.7 Å². The molecular weight excluding hydrogens is 266 g/mol. The molecule has 0 unspecified atom stereocenters. The van der Waals surface area contributed by atoms with Gasteiger partial charge in [0.2, 0.25) is 0 Å². The Balaban J connectivity index is 2.19. The van der Waals surface area contributed by atoms with Gasteiger partial charge in [-0.3, -0.25) is 4.79 Å². The average molecular weight is 283 g/mol. The van der Waals surface area contributed by atoms with Crippen LogP contribution in [0.1, 0.15) is 19.3 Å². The number of carboxylic acid groups (broad SMARTS) is 1. The maximum Gasteiger partial charge on any atom is 0.311 e. The zero-order valence-corrected chi connectivity index (χ0v) is 11.5. The van der Waals surface area contributed by atoms with Crippen LogP contribution >= 0.6 is 0 Å². The lowest BCUT2D eigenvalue weighted by Crippen LogP contribution is -2.43. The molecule has 5 nitrogen and oxygen atoms in total. The Kier molecular flexibility index (Phi) is 3.54. The van der Waals surface area contributed by atoms with E-state index in [2.05, 4.69) is 5.32 Å². The molecule has 104 valence electrons. The summed E-state index contributed by atoms with van der Waals surface area (Å²) in [4.78, 5) is 11.5. The second-order valence-electron chi connectivity index (χ2n) is 5.06. The predicted octanol–water partition coefficient (Wildman–Crippen LogP) is 1.76. The van der Waals surface area contributed by atoms with Gasteiger partial charge in [-0.25, -0.2) is 8.42 Å². The first kappa shape index (κ1) is 13.9. The van der Waals surface area contributed by atoms with Crippen molar-refractivity contribution < 1.29 is 18.3 Å².